The predicted octanol–water partition coefficient (Wildman–Crippen LogP) is 17.1. The largest absolute Gasteiger partial charge is 0.311 e. The maximum atomic E-state index is 2.46. The fraction of sp³-hybridized carbons (Fsp3) is 0.0492. The van der Waals surface area contributed by atoms with Crippen molar-refractivity contribution in [1.82, 2.24) is 0 Å². The van der Waals surface area contributed by atoms with Crippen molar-refractivity contribution in [2.45, 2.75) is 19.3 Å². The van der Waals surface area contributed by atoms with Crippen LogP contribution in [0.5, 0.6) is 0 Å². The van der Waals surface area contributed by atoms with Crippen LogP contribution in [0.4, 0.5) is 34.1 Å². The smallest absolute Gasteiger partial charge is 0.0546 e. The van der Waals surface area contributed by atoms with E-state index in [2.05, 4.69) is 266 Å². The van der Waals surface area contributed by atoms with Crippen LogP contribution in [0.25, 0.3) is 55.3 Å². The average Bonchev–Trinajstić information content (AvgIpc) is 3.58. The molecule has 0 unspecified atom stereocenters. The summed E-state index contributed by atoms with van der Waals surface area (Å²) in [5, 5.41) is 2.45. The molecule has 0 heterocycles. The Morgan fingerprint density at radius 2 is 0.794 bits per heavy atom. The molecule has 2 heteroatoms. The van der Waals surface area contributed by atoms with E-state index in [1.807, 2.05) is 0 Å². The fourth-order valence-electron chi connectivity index (χ4n) is 9.70. The minimum Gasteiger partial charge on any atom is -0.311 e. The lowest BCUT2D eigenvalue weighted by Gasteiger charge is -2.30. The van der Waals surface area contributed by atoms with Gasteiger partial charge in [0.05, 0.1) is 5.69 Å². The molecular weight excluding hydrogens is 761 g/mol. The minimum atomic E-state index is -0.127. The number of para-hydroxylation sites is 2. The van der Waals surface area contributed by atoms with Gasteiger partial charge < -0.3 is 9.80 Å². The van der Waals surface area contributed by atoms with E-state index in [1.165, 1.54) is 66.4 Å². The third-order valence-electron chi connectivity index (χ3n) is 12.8. The van der Waals surface area contributed by atoms with Crippen LogP contribution in [0.3, 0.4) is 0 Å². The molecule has 63 heavy (non-hydrogen) atoms. The molecule has 10 aromatic rings. The van der Waals surface area contributed by atoms with Gasteiger partial charge in [-0.3, -0.25) is 0 Å². The zero-order chi connectivity index (χ0) is 42.3. The summed E-state index contributed by atoms with van der Waals surface area (Å²) in [6.07, 6.45) is 0. The summed E-state index contributed by atoms with van der Waals surface area (Å²) >= 11 is 0. The quantitative estimate of drug-likeness (QED) is 0.143. The topological polar surface area (TPSA) is 6.48 Å². The first-order chi connectivity index (χ1) is 31.0. The highest BCUT2D eigenvalue weighted by molar-refractivity contribution is 6.05. The molecule has 0 fully saturated rings. The summed E-state index contributed by atoms with van der Waals surface area (Å²) in [4.78, 5) is 4.76. The van der Waals surface area contributed by atoms with Crippen molar-refractivity contribution in [1.29, 1.82) is 0 Å². The molecule has 0 saturated carbocycles. The lowest BCUT2D eigenvalue weighted by atomic mass is 9.82. The van der Waals surface area contributed by atoms with Crippen LogP contribution in [0.1, 0.15) is 25.0 Å². The minimum absolute atomic E-state index is 0.127. The average molecular weight is 807 g/mol. The van der Waals surface area contributed by atoms with Crippen molar-refractivity contribution in [2.75, 3.05) is 9.80 Å². The second-order valence-electron chi connectivity index (χ2n) is 17.0. The van der Waals surface area contributed by atoms with Gasteiger partial charge >= 0.3 is 0 Å². The van der Waals surface area contributed by atoms with Crippen LogP contribution < -0.4 is 9.80 Å². The Bertz CT molecular complexity index is 3190. The molecule has 0 spiro atoms. The molecule has 1 aliphatic rings. The number of hydrogen-bond donors (Lipinski definition) is 0. The van der Waals surface area contributed by atoms with Crippen molar-refractivity contribution in [3.63, 3.8) is 0 Å². The van der Waals surface area contributed by atoms with Crippen LogP contribution >= 0.6 is 0 Å². The zero-order valence-corrected chi connectivity index (χ0v) is 35.5. The molecule has 300 valence electrons. The number of benzene rings is 10. The second kappa shape index (κ2) is 15.8. The van der Waals surface area contributed by atoms with Gasteiger partial charge in [0.25, 0.3) is 0 Å². The number of nitrogens with zero attached hydrogens (tertiary/aromatic N) is 2. The molecule has 0 radical (unpaired) electrons. The molecule has 2 nitrogen and oxygen atoms in total. The van der Waals surface area contributed by atoms with Crippen LogP contribution in [0.15, 0.2) is 243 Å². The fourth-order valence-corrected chi connectivity index (χ4v) is 9.70. The molecule has 0 aliphatic heterocycles. The van der Waals surface area contributed by atoms with Crippen molar-refractivity contribution in [2.24, 2.45) is 0 Å². The number of rotatable bonds is 9. The highest BCUT2D eigenvalue weighted by Crippen LogP contribution is 2.52. The van der Waals surface area contributed by atoms with Crippen molar-refractivity contribution >= 4 is 44.9 Å². The van der Waals surface area contributed by atoms with E-state index in [9.17, 15) is 0 Å². The van der Waals surface area contributed by atoms with Crippen LogP contribution in [-0.2, 0) is 5.41 Å². The maximum Gasteiger partial charge on any atom is 0.0546 e. The third kappa shape index (κ3) is 6.87. The van der Waals surface area contributed by atoms with Crippen LogP contribution in [-0.4, -0.2) is 0 Å². The first-order valence-corrected chi connectivity index (χ1v) is 21.8. The van der Waals surface area contributed by atoms with E-state index < -0.39 is 0 Å². The lowest BCUT2D eigenvalue weighted by molar-refractivity contribution is 0.660. The van der Waals surface area contributed by atoms with Gasteiger partial charge in [-0.25, -0.2) is 0 Å². The van der Waals surface area contributed by atoms with Crippen molar-refractivity contribution < 1.29 is 0 Å². The van der Waals surface area contributed by atoms with E-state index in [0.717, 1.165) is 34.1 Å². The summed E-state index contributed by atoms with van der Waals surface area (Å²) in [5.41, 5.74) is 19.1. The van der Waals surface area contributed by atoms with E-state index in [4.69, 9.17) is 0 Å². The van der Waals surface area contributed by atoms with Crippen LogP contribution in [0.2, 0.25) is 0 Å². The Morgan fingerprint density at radius 3 is 1.44 bits per heavy atom. The molecule has 0 saturated heterocycles. The van der Waals surface area contributed by atoms with Gasteiger partial charge in [-0.2, -0.15) is 0 Å². The van der Waals surface area contributed by atoms with Gasteiger partial charge in [0.2, 0.25) is 0 Å². The van der Waals surface area contributed by atoms with Gasteiger partial charge in [0.1, 0.15) is 0 Å². The van der Waals surface area contributed by atoms with Gasteiger partial charge in [0, 0.05) is 39.4 Å². The monoisotopic (exact) mass is 806 g/mol. The predicted molar refractivity (Wildman–Crippen MR) is 267 cm³/mol. The summed E-state index contributed by atoms with van der Waals surface area (Å²) in [7, 11) is 0. The number of anilines is 6. The molecule has 11 rings (SSSR count). The first kappa shape index (κ1) is 38.0. The summed E-state index contributed by atoms with van der Waals surface area (Å²) in [6.45, 7) is 4.72. The summed E-state index contributed by atoms with van der Waals surface area (Å²) < 4.78 is 0. The highest BCUT2D eigenvalue weighted by atomic mass is 15.1. The Morgan fingerprint density at radius 1 is 0.302 bits per heavy atom. The zero-order valence-electron chi connectivity index (χ0n) is 35.5. The number of hydrogen-bond acceptors (Lipinski definition) is 2. The van der Waals surface area contributed by atoms with Gasteiger partial charge in [-0.05, 0) is 134 Å². The molecular formula is C61H46N2. The number of fused-ring (bicyclic) bond motifs is 4. The lowest BCUT2D eigenvalue weighted by Crippen LogP contribution is -2.17. The standard InChI is InChI=1S/C61H46N2/c1-61(2)57-28-15-14-27-55(57)56-39-38-53(42-58(56)61)63(59-40-33-45-17-12-13-26-54(45)60(59)46-18-6-3-7-19-46)52-36-31-44(32-37-52)48-21-16-20-47(41-48)43-29-34-51(35-30-43)62(49-22-8-4-9-23-49)50-24-10-5-11-25-50/h3-42H,1-2H3. The van der Waals surface area contributed by atoms with Gasteiger partial charge in [-0.15, -0.1) is 0 Å². The van der Waals surface area contributed by atoms with E-state index in [0.29, 0.717) is 0 Å². The molecule has 0 aromatic heterocycles. The third-order valence-corrected chi connectivity index (χ3v) is 12.8. The first-order valence-electron chi connectivity index (χ1n) is 21.8. The molecule has 0 N–H and O–H groups in total. The van der Waals surface area contributed by atoms with Crippen LogP contribution in [0, 0.1) is 0 Å². The molecule has 0 atom stereocenters. The molecule has 0 bridgehead atoms. The SMILES string of the molecule is CC1(C)c2ccccc2-c2ccc(N(c3ccc(-c4cccc(-c5ccc(N(c6ccccc6)c6ccccc6)cc5)c4)cc3)c3ccc4ccccc4c3-c3ccccc3)cc21. The van der Waals surface area contributed by atoms with Crippen molar-refractivity contribution in [3.8, 4) is 44.5 Å². The summed E-state index contributed by atoms with van der Waals surface area (Å²) in [5.74, 6) is 0. The van der Waals surface area contributed by atoms with E-state index in [-0.39, 0.29) is 5.41 Å². The summed E-state index contributed by atoms with van der Waals surface area (Å²) in [6, 6.07) is 88.2. The molecule has 0 amide bonds. The van der Waals surface area contributed by atoms with E-state index in [1.54, 1.807) is 0 Å². The van der Waals surface area contributed by atoms with Gasteiger partial charge in [-0.1, -0.05) is 184 Å². The molecule has 10 aromatic carbocycles. The Kier molecular flexibility index (Phi) is 9.55. The van der Waals surface area contributed by atoms with Gasteiger partial charge in [0.15, 0.2) is 0 Å². The Hall–Kier alpha value is -7.94. The highest BCUT2D eigenvalue weighted by Gasteiger charge is 2.36. The Labute approximate surface area is 370 Å². The molecule has 1 aliphatic carbocycles. The van der Waals surface area contributed by atoms with E-state index >= 15 is 0 Å². The normalized spacial score (nSPS) is 12.4. The Balaban J connectivity index is 0.984. The van der Waals surface area contributed by atoms with Crippen molar-refractivity contribution in [3.05, 3.63) is 254 Å². The maximum absolute atomic E-state index is 2.46. The second-order valence-corrected chi connectivity index (χ2v) is 17.0.